The average Bonchev–Trinajstić information content (AvgIpc) is 2.80. The standard InChI is InChI=1S/C26H33FN4OS/c1-4-30(5-2)14-6-13-28-26(33)31(17-20-8-10-23(27)11-9-20)18-22-16-21-15-19(3)7-12-24(21)29-25(22)32/h7-12,15-16H,4-6,13-14,17-18H2,1-3H3,(H,28,33)(H,29,32). The Bertz CT molecular complexity index is 1130. The van der Waals surface area contributed by atoms with Crippen LogP contribution < -0.4 is 10.9 Å². The van der Waals surface area contributed by atoms with Crippen LogP contribution in [0.25, 0.3) is 10.9 Å². The molecule has 0 atom stereocenters. The van der Waals surface area contributed by atoms with Crippen molar-refractivity contribution in [3.63, 3.8) is 0 Å². The Labute approximate surface area is 200 Å². The number of halogens is 1. The first kappa shape index (κ1) is 24.9. The third-order valence-electron chi connectivity index (χ3n) is 5.83. The van der Waals surface area contributed by atoms with Crippen LogP contribution in [0, 0.1) is 12.7 Å². The summed E-state index contributed by atoms with van der Waals surface area (Å²) in [6.45, 7) is 11.0. The molecule has 0 saturated carbocycles. The Hall–Kier alpha value is -2.77. The molecule has 2 N–H and O–H groups in total. The number of fused-ring (bicyclic) bond motifs is 1. The highest BCUT2D eigenvalue weighted by Gasteiger charge is 2.14. The van der Waals surface area contributed by atoms with Crippen LogP contribution in [0.15, 0.2) is 53.3 Å². The van der Waals surface area contributed by atoms with Crippen LogP contribution in [-0.2, 0) is 13.1 Å². The van der Waals surface area contributed by atoms with E-state index in [0.717, 1.165) is 54.6 Å². The van der Waals surface area contributed by atoms with E-state index < -0.39 is 0 Å². The molecule has 176 valence electrons. The quantitative estimate of drug-likeness (QED) is 0.337. The average molecular weight is 469 g/mol. The lowest BCUT2D eigenvalue weighted by Gasteiger charge is -2.26. The van der Waals surface area contributed by atoms with E-state index in [1.165, 1.54) is 12.1 Å². The van der Waals surface area contributed by atoms with Crippen LogP contribution in [0.1, 0.15) is 37.0 Å². The molecule has 3 rings (SSSR count). The van der Waals surface area contributed by atoms with Gasteiger partial charge in [0, 0.05) is 24.2 Å². The van der Waals surface area contributed by atoms with Gasteiger partial charge in [0.15, 0.2) is 5.11 Å². The first-order valence-corrected chi connectivity index (χ1v) is 11.9. The third-order valence-corrected chi connectivity index (χ3v) is 6.24. The van der Waals surface area contributed by atoms with Gasteiger partial charge < -0.3 is 20.1 Å². The van der Waals surface area contributed by atoms with E-state index >= 15 is 0 Å². The summed E-state index contributed by atoms with van der Waals surface area (Å²) in [4.78, 5) is 20.1. The number of hydrogen-bond acceptors (Lipinski definition) is 3. The van der Waals surface area contributed by atoms with Crippen molar-refractivity contribution in [2.24, 2.45) is 0 Å². The number of H-pyrrole nitrogens is 1. The summed E-state index contributed by atoms with van der Waals surface area (Å²) in [7, 11) is 0. The minimum Gasteiger partial charge on any atom is -0.363 e. The van der Waals surface area contributed by atoms with Crippen molar-refractivity contribution in [1.29, 1.82) is 0 Å². The Kier molecular flexibility index (Phi) is 8.97. The lowest BCUT2D eigenvalue weighted by molar-refractivity contribution is 0.299. The molecule has 5 nitrogen and oxygen atoms in total. The fourth-order valence-electron chi connectivity index (χ4n) is 3.85. The van der Waals surface area contributed by atoms with Gasteiger partial charge in [-0.2, -0.15) is 0 Å². The normalized spacial score (nSPS) is 11.2. The zero-order valence-electron chi connectivity index (χ0n) is 19.7. The number of nitrogens with one attached hydrogen (secondary N) is 2. The second-order valence-corrected chi connectivity index (χ2v) is 8.70. The zero-order chi connectivity index (χ0) is 23.8. The molecule has 0 aliphatic heterocycles. The van der Waals surface area contributed by atoms with Gasteiger partial charge in [0.05, 0.1) is 6.54 Å². The maximum absolute atomic E-state index is 13.4. The first-order chi connectivity index (χ1) is 15.9. The van der Waals surface area contributed by atoms with E-state index in [1.807, 2.05) is 30.0 Å². The van der Waals surface area contributed by atoms with Gasteiger partial charge in [0.1, 0.15) is 5.82 Å². The lowest BCUT2D eigenvalue weighted by atomic mass is 10.1. The van der Waals surface area contributed by atoms with Crippen LogP contribution in [0.3, 0.4) is 0 Å². The van der Waals surface area contributed by atoms with E-state index in [1.54, 1.807) is 12.1 Å². The first-order valence-electron chi connectivity index (χ1n) is 11.5. The molecule has 0 fully saturated rings. The van der Waals surface area contributed by atoms with Crippen molar-refractivity contribution in [2.75, 3.05) is 26.2 Å². The number of benzene rings is 2. The Balaban J connectivity index is 1.77. The van der Waals surface area contributed by atoms with Crippen molar-refractivity contribution in [3.8, 4) is 0 Å². The second-order valence-electron chi connectivity index (χ2n) is 8.31. The van der Waals surface area contributed by atoms with Gasteiger partial charge in [0.2, 0.25) is 0 Å². The highest BCUT2D eigenvalue weighted by Crippen LogP contribution is 2.16. The molecule has 0 aliphatic rings. The molecular weight excluding hydrogens is 435 g/mol. The smallest absolute Gasteiger partial charge is 0.253 e. The molecule has 0 amide bonds. The van der Waals surface area contributed by atoms with E-state index in [9.17, 15) is 9.18 Å². The summed E-state index contributed by atoms with van der Waals surface area (Å²) in [5.41, 5.74) is 3.39. The summed E-state index contributed by atoms with van der Waals surface area (Å²) in [6, 6.07) is 14.3. The molecule has 1 aromatic heterocycles. The van der Waals surface area contributed by atoms with E-state index in [-0.39, 0.29) is 11.4 Å². The molecule has 0 saturated heterocycles. The largest absolute Gasteiger partial charge is 0.363 e. The van der Waals surface area contributed by atoms with Gasteiger partial charge in [0.25, 0.3) is 5.56 Å². The van der Waals surface area contributed by atoms with Gasteiger partial charge >= 0.3 is 0 Å². The SMILES string of the molecule is CCN(CC)CCCNC(=S)N(Cc1ccc(F)cc1)Cc1cc2cc(C)ccc2[nH]c1=O. The highest BCUT2D eigenvalue weighted by atomic mass is 32.1. The minimum atomic E-state index is -0.274. The maximum Gasteiger partial charge on any atom is 0.253 e. The summed E-state index contributed by atoms with van der Waals surface area (Å²) in [5, 5.41) is 4.92. The van der Waals surface area contributed by atoms with Crippen molar-refractivity contribution < 1.29 is 4.39 Å². The van der Waals surface area contributed by atoms with Crippen molar-refractivity contribution >= 4 is 28.2 Å². The molecule has 33 heavy (non-hydrogen) atoms. The van der Waals surface area contributed by atoms with Crippen LogP contribution >= 0.6 is 12.2 Å². The summed E-state index contributed by atoms with van der Waals surface area (Å²) in [6.07, 6.45) is 0.974. The van der Waals surface area contributed by atoms with Crippen molar-refractivity contribution in [1.82, 2.24) is 20.1 Å². The molecular formula is C26H33FN4OS. The summed E-state index contributed by atoms with van der Waals surface area (Å²) >= 11 is 5.71. The highest BCUT2D eigenvalue weighted by molar-refractivity contribution is 7.80. The zero-order valence-corrected chi connectivity index (χ0v) is 20.5. The van der Waals surface area contributed by atoms with Crippen molar-refractivity contribution in [3.05, 3.63) is 81.4 Å². The molecule has 0 aliphatic carbocycles. The van der Waals surface area contributed by atoms with Gasteiger partial charge in [-0.3, -0.25) is 4.79 Å². The van der Waals surface area contributed by atoms with Crippen LogP contribution in [0.2, 0.25) is 0 Å². The van der Waals surface area contributed by atoms with Crippen LogP contribution in [-0.4, -0.2) is 46.1 Å². The maximum atomic E-state index is 13.4. The van der Waals surface area contributed by atoms with Crippen LogP contribution in [0.4, 0.5) is 4.39 Å². The lowest BCUT2D eigenvalue weighted by Crippen LogP contribution is -2.41. The van der Waals surface area contributed by atoms with Crippen LogP contribution in [0.5, 0.6) is 0 Å². The fraction of sp³-hybridized carbons (Fsp3) is 0.385. The number of pyridine rings is 1. The Morgan fingerprint density at radius 3 is 2.48 bits per heavy atom. The Morgan fingerprint density at radius 2 is 1.79 bits per heavy atom. The predicted octanol–water partition coefficient (Wildman–Crippen LogP) is 4.58. The van der Waals surface area contributed by atoms with Gasteiger partial charge in [-0.05, 0) is 86.5 Å². The molecule has 0 unspecified atom stereocenters. The minimum absolute atomic E-state index is 0.125. The van der Waals surface area contributed by atoms with Gasteiger partial charge in [-0.25, -0.2) is 4.39 Å². The third kappa shape index (κ3) is 7.11. The number of hydrogen-bond donors (Lipinski definition) is 2. The Morgan fingerprint density at radius 1 is 1.06 bits per heavy atom. The number of aryl methyl sites for hydroxylation is 1. The number of nitrogens with zero attached hydrogens (tertiary/aromatic N) is 2. The number of aromatic nitrogens is 1. The summed E-state index contributed by atoms with van der Waals surface area (Å²) in [5.74, 6) is -0.274. The second kappa shape index (κ2) is 11.9. The molecule has 0 spiro atoms. The summed E-state index contributed by atoms with van der Waals surface area (Å²) < 4.78 is 13.4. The number of aromatic amines is 1. The fourth-order valence-corrected chi connectivity index (χ4v) is 4.08. The monoisotopic (exact) mass is 468 g/mol. The number of thiocarbonyl (C=S) groups is 1. The molecule has 0 bridgehead atoms. The predicted molar refractivity (Wildman–Crippen MR) is 138 cm³/mol. The topological polar surface area (TPSA) is 51.4 Å². The van der Waals surface area contributed by atoms with Gasteiger partial charge in [-0.15, -0.1) is 0 Å². The molecule has 1 heterocycles. The van der Waals surface area contributed by atoms with E-state index in [2.05, 4.69) is 35.1 Å². The van der Waals surface area contributed by atoms with Gasteiger partial charge in [-0.1, -0.05) is 37.6 Å². The molecule has 2 aromatic carbocycles. The molecule has 0 radical (unpaired) electrons. The van der Waals surface area contributed by atoms with Crippen molar-refractivity contribution in [2.45, 2.75) is 40.3 Å². The number of rotatable bonds is 10. The molecule has 3 aromatic rings. The molecule has 7 heteroatoms. The van der Waals surface area contributed by atoms with E-state index in [4.69, 9.17) is 12.2 Å². The van der Waals surface area contributed by atoms with E-state index in [0.29, 0.717) is 23.8 Å².